The molecule has 0 radical (unpaired) electrons. The number of anilines is 2. The second-order valence-electron chi connectivity index (χ2n) is 8.22. The predicted octanol–water partition coefficient (Wildman–Crippen LogP) is 5.62. The van der Waals surface area contributed by atoms with Gasteiger partial charge in [-0.3, -0.25) is 9.88 Å². The summed E-state index contributed by atoms with van der Waals surface area (Å²) in [4.78, 5) is 16.0. The van der Waals surface area contributed by atoms with Crippen LogP contribution >= 0.6 is 0 Å². The summed E-state index contributed by atoms with van der Waals surface area (Å²) in [5.41, 5.74) is 5.07. The Morgan fingerprint density at radius 1 is 0.882 bits per heavy atom. The third-order valence-electron chi connectivity index (χ3n) is 5.57. The van der Waals surface area contributed by atoms with Gasteiger partial charge in [0.15, 0.2) is 0 Å². The third kappa shape index (κ3) is 5.85. The van der Waals surface area contributed by atoms with Gasteiger partial charge < -0.3 is 10.1 Å². The first-order chi connectivity index (χ1) is 16.8. The maximum absolute atomic E-state index is 5.99. The van der Waals surface area contributed by atoms with Crippen LogP contribution in [0.1, 0.15) is 17.7 Å². The van der Waals surface area contributed by atoms with Crippen LogP contribution in [0.4, 0.5) is 11.6 Å². The maximum atomic E-state index is 5.99. The first kappa shape index (κ1) is 21.8. The maximum Gasteiger partial charge on any atom is 0.227 e. The minimum Gasteiger partial charge on any atom is -0.493 e. The number of ether oxygens (including phenoxy) is 1. The van der Waals surface area contributed by atoms with Crippen LogP contribution in [0.3, 0.4) is 0 Å². The molecule has 3 heterocycles. The van der Waals surface area contributed by atoms with E-state index in [0.29, 0.717) is 12.6 Å². The topological polar surface area (TPSA) is 63.2 Å². The monoisotopic (exact) mass is 449 g/mol. The lowest BCUT2D eigenvalue weighted by molar-refractivity contribution is 0.281. The van der Waals surface area contributed by atoms with Gasteiger partial charge in [0, 0.05) is 43.3 Å². The molecule has 5 rings (SSSR count). The van der Waals surface area contributed by atoms with Crippen molar-refractivity contribution in [1.82, 2.24) is 19.9 Å². The fraction of sp³-hybridized carbons (Fsp3) is 0.179. The van der Waals surface area contributed by atoms with Gasteiger partial charge in [-0.15, -0.1) is 0 Å². The van der Waals surface area contributed by atoms with Crippen LogP contribution in [0.25, 0.3) is 11.3 Å². The average Bonchev–Trinajstić information content (AvgIpc) is 2.87. The van der Waals surface area contributed by atoms with Gasteiger partial charge >= 0.3 is 0 Å². The van der Waals surface area contributed by atoms with Gasteiger partial charge in [-0.05, 0) is 54.4 Å². The molecule has 2 aromatic heterocycles. The highest BCUT2D eigenvalue weighted by Gasteiger charge is 2.09. The Morgan fingerprint density at radius 2 is 1.85 bits per heavy atom. The summed E-state index contributed by atoms with van der Waals surface area (Å²) in [6, 6.07) is 24.4. The van der Waals surface area contributed by atoms with E-state index in [4.69, 9.17) is 9.72 Å². The lowest BCUT2D eigenvalue weighted by atomic mass is 10.1. The second kappa shape index (κ2) is 10.7. The number of benzene rings is 2. The molecule has 6 bridgehead atoms. The third-order valence-corrected chi connectivity index (χ3v) is 5.57. The summed E-state index contributed by atoms with van der Waals surface area (Å²) in [5, 5.41) is 3.36. The van der Waals surface area contributed by atoms with Gasteiger partial charge in [-0.25, -0.2) is 9.97 Å². The molecule has 0 saturated heterocycles. The van der Waals surface area contributed by atoms with Crippen molar-refractivity contribution < 1.29 is 4.74 Å². The van der Waals surface area contributed by atoms with E-state index < -0.39 is 0 Å². The van der Waals surface area contributed by atoms with E-state index in [1.54, 1.807) is 6.20 Å². The Balaban J connectivity index is 1.44. The summed E-state index contributed by atoms with van der Waals surface area (Å²) >= 11 is 0. The molecule has 0 unspecified atom stereocenters. The molecule has 0 saturated carbocycles. The predicted molar refractivity (Wildman–Crippen MR) is 135 cm³/mol. The SMILES string of the molecule is C1=CCN(Cc2ccccn2)Cc2cccc(c2)Nc2nccc(n2)-c2cccc(c2)OCC1. The van der Waals surface area contributed by atoms with Gasteiger partial charge in [-0.1, -0.05) is 42.5 Å². The van der Waals surface area contributed by atoms with Crippen molar-refractivity contribution in [2.24, 2.45) is 0 Å². The number of hydrogen-bond donors (Lipinski definition) is 1. The molecule has 6 heteroatoms. The first-order valence-electron chi connectivity index (χ1n) is 11.5. The molecule has 2 aromatic carbocycles. The standard InChI is InChI=1S/C28H27N5O/c1-4-16-33(21-25-10-2-3-14-29-25)20-22-8-6-11-24(18-22)31-28-30-15-13-27(32-28)23-9-7-12-26(19-23)34-17-5-1/h1-4,6-15,18-19H,5,16-17,20-21H2,(H,30,31,32). The van der Waals surface area contributed by atoms with E-state index in [1.807, 2.05) is 54.7 Å². The van der Waals surface area contributed by atoms with Crippen molar-refractivity contribution in [1.29, 1.82) is 0 Å². The molecule has 170 valence electrons. The summed E-state index contributed by atoms with van der Waals surface area (Å²) in [5.74, 6) is 1.40. The normalized spacial score (nSPS) is 14.4. The molecule has 0 amide bonds. The molecule has 6 nitrogen and oxygen atoms in total. The lowest BCUT2D eigenvalue weighted by Crippen LogP contribution is -2.23. The molecule has 1 aliphatic rings. The van der Waals surface area contributed by atoms with Crippen LogP contribution < -0.4 is 10.1 Å². The van der Waals surface area contributed by atoms with Gasteiger partial charge in [-0.2, -0.15) is 0 Å². The Morgan fingerprint density at radius 3 is 2.79 bits per heavy atom. The summed E-state index contributed by atoms with van der Waals surface area (Å²) in [7, 11) is 0. The van der Waals surface area contributed by atoms with E-state index in [0.717, 1.165) is 54.4 Å². The van der Waals surface area contributed by atoms with Crippen LogP contribution in [-0.4, -0.2) is 33.0 Å². The average molecular weight is 450 g/mol. The quantitative estimate of drug-likeness (QED) is 0.401. The van der Waals surface area contributed by atoms with Crippen molar-refractivity contribution in [3.05, 3.63) is 109 Å². The minimum absolute atomic E-state index is 0.565. The Kier molecular flexibility index (Phi) is 6.88. The molecule has 0 aliphatic carbocycles. The van der Waals surface area contributed by atoms with Crippen LogP contribution in [0.5, 0.6) is 5.75 Å². The zero-order chi connectivity index (χ0) is 23.0. The number of fused-ring (bicyclic) bond motifs is 7. The van der Waals surface area contributed by atoms with Crippen LogP contribution in [0, 0.1) is 0 Å². The lowest BCUT2D eigenvalue weighted by Gasteiger charge is -2.21. The molecule has 0 spiro atoms. The van der Waals surface area contributed by atoms with Crippen molar-refractivity contribution >= 4 is 11.6 Å². The number of pyridine rings is 1. The largest absolute Gasteiger partial charge is 0.493 e. The van der Waals surface area contributed by atoms with Crippen LogP contribution in [0.15, 0.2) is 97.3 Å². The van der Waals surface area contributed by atoms with Gasteiger partial charge in [0.05, 0.1) is 18.0 Å². The second-order valence-corrected chi connectivity index (χ2v) is 8.22. The Bertz CT molecular complexity index is 1260. The van der Waals surface area contributed by atoms with E-state index >= 15 is 0 Å². The minimum atomic E-state index is 0.565. The number of nitrogens with one attached hydrogen (secondary N) is 1. The smallest absolute Gasteiger partial charge is 0.227 e. The number of rotatable bonds is 2. The number of hydrogen-bond acceptors (Lipinski definition) is 6. The van der Waals surface area contributed by atoms with Gasteiger partial charge in [0.1, 0.15) is 5.75 Å². The van der Waals surface area contributed by atoms with Crippen LogP contribution in [0.2, 0.25) is 0 Å². The molecule has 0 fully saturated rings. The van der Waals surface area contributed by atoms with Crippen LogP contribution in [-0.2, 0) is 13.1 Å². The first-order valence-corrected chi connectivity index (χ1v) is 11.5. The molecular formula is C28H27N5O. The molecular weight excluding hydrogens is 422 g/mol. The zero-order valence-electron chi connectivity index (χ0n) is 19.0. The highest BCUT2D eigenvalue weighted by atomic mass is 16.5. The molecule has 1 aliphatic heterocycles. The van der Waals surface area contributed by atoms with E-state index in [9.17, 15) is 0 Å². The molecule has 4 aromatic rings. The van der Waals surface area contributed by atoms with E-state index in [2.05, 4.69) is 56.6 Å². The summed E-state index contributed by atoms with van der Waals surface area (Å²) in [6.45, 7) is 3.03. The highest BCUT2D eigenvalue weighted by Crippen LogP contribution is 2.24. The summed E-state index contributed by atoms with van der Waals surface area (Å²) in [6.07, 6.45) is 8.87. The fourth-order valence-electron chi connectivity index (χ4n) is 3.95. The van der Waals surface area contributed by atoms with Crippen molar-refractivity contribution in [3.8, 4) is 17.0 Å². The molecule has 1 N–H and O–H groups in total. The van der Waals surface area contributed by atoms with Gasteiger partial charge in [0.2, 0.25) is 5.95 Å². The van der Waals surface area contributed by atoms with E-state index in [-0.39, 0.29) is 0 Å². The fourth-order valence-corrected chi connectivity index (χ4v) is 3.95. The highest BCUT2D eigenvalue weighted by molar-refractivity contribution is 5.63. The summed E-state index contributed by atoms with van der Waals surface area (Å²) < 4.78 is 5.99. The number of nitrogens with zero attached hydrogens (tertiary/aromatic N) is 4. The Labute approximate surface area is 200 Å². The van der Waals surface area contributed by atoms with Crippen molar-refractivity contribution in [3.63, 3.8) is 0 Å². The van der Waals surface area contributed by atoms with Crippen molar-refractivity contribution in [2.75, 3.05) is 18.5 Å². The van der Waals surface area contributed by atoms with E-state index in [1.165, 1.54) is 5.56 Å². The molecule has 34 heavy (non-hydrogen) atoms. The number of aromatic nitrogens is 3. The Hall–Kier alpha value is -4.03. The van der Waals surface area contributed by atoms with Crippen molar-refractivity contribution in [2.45, 2.75) is 19.5 Å². The molecule has 0 atom stereocenters. The zero-order valence-corrected chi connectivity index (χ0v) is 19.0. The van der Waals surface area contributed by atoms with Gasteiger partial charge in [0.25, 0.3) is 0 Å².